The maximum Gasteiger partial charge on any atom is 0.272 e. The van der Waals surface area contributed by atoms with Crippen molar-refractivity contribution in [1.29, 1.82) is 0 Å². The van der Waals surface area contributed by atoms with E-state index in [-0.39, 0.29) is 5.91 Å². The molecule has 0 aliphatic heterocycles. The summed E-state index contributed by atoms with van der Waals surface area (Å²) in [4.78, 5) is 17.6. The smallest absolute Gasteiger partial charge is 0.267 e. The third-order valence-corrected chi connectivity index (χ3v) is 4.59. The molecule has 28 heavy (non-hydrogen) atoms. The molecule has 0 bridgehead atoms. The molecule has 4 heteroatoms. The fraction of sp³-hybridized carbons (Fsp3) is 0.0417. The van der Waals surface area contributed by atoms with E-state index < -0.39 is 0 Å². The maximum atomic E-state index is 12.9. The lowest BCUT2D eigenvalue weighted by Gasteiger charge is -2.09. The number of carbonyl (C=O) groups is 1. The predicted octanol–water partition coefficient (Wildman–Crippen LogP) is 4.97. The number of nitrogens with one attached hydrogen (secondary N) is 1. The summed E-state index contributed by atoms with van der Waals surface area (Å²) < 4.78 is 0. The quantitative estimate of drug-likeness (QED) is 0.410. The Balaban J connectivity index is 1.69. The number of rotatable bonds is 4. The SMILES string of the molecule is Cc1ccccc1/C=N\NC(=O)c1cc(-c2ccccc2)nc2ccccc12. The summed E-state index contributed by atoms with van der Waals surface area (Å²) in [6, 6.07) is 27.2. The largest absolute Gasteiger partial charge is 0.272 e. The summed E-state index contributed by atoms with van der Waals surface area (Å²) in [5.74, 6) is -0.263. The number of carbonyl (C=O) groups excluding carboxylic acids is 1. The Morgan fingerprint density at radius 1 is 0.929 bits per heavy atom. The first-order chi connectivity index (χ1) is 13.7. The molecule has 4 aromatic rings. The molecular formula is C24H19N3O. The van der Waals surface area contributed by atoms with E-state index in [0.717, 1.165) is 33.3 Å². The van der Waals surface area contributed by atoms with Crippen LogP contribution >= 0.6 is 0 Å². The summed E-state index contributed by atoms with van der Waals surface area (Å²) >= 11 is 0. The van der Waals surface area contributed by atoms with Gasteiger partial charge in [-0.1, -0.05) is 72.8 Å². The van der Waals surface area contributed by atoms with E-state index in [1.807, 2.05) is 91.9 Å². The van der Waals surface area contributed by atoms with Crippen LogP contribution in [-0.4, -0.2) is 17.1 Å². The van der Waals surface area contributed by atoms with Crippen LogP contribution in [0.25, 0.3) is 22.2 Å². The normalized spacial score (nSPS) is 11.0. The Bertz CT molecular complexity index is 1170. The van der Waals surface area contributed by atoms with Crippen molar-refractivity contribution in [2.24, 2.45) is 5.10 Å². The molecular weight excluding hydrogens is 346 g/mol. The van der Waals surface area contributed by atoms with Gasteiger partial charge in [-0.25, -0.2) is 10.4 Å². The van der Waals surface area contributed by atoms with Gasteiger partial charge in [0.1, 0.15) is 0 Å². The van der Waals surface area contributed by atoms with Gasteiger partial charge in [-0.15, -0.1) is 0 Å². The van der Waals surface area contributed by atoms with Crippen LogP contribution in [0.5, 0.6) is 0 Å². The van der Waals surface area contributed by atoms with Gasteiger partial charge in [-0.05, 0) is 30.2 Å². The van der Waals surface area contributed by atoms with E-state index in [1.165, 1.54) is 0 Å². The number of benzene rings is 3. The van der Waals surface area contributed by atoms with Crippen molar-refractivity contribution in [3.05, 3.63) is 102 Å². The molecule has 0 spiro atoms. The maximum absolute atomic E-state index is 12.9. The van der Waals surface area contributed by atoms with Crippen LogP contribution in [0.3, 0.4) is 0 Å². The van der Waals surface area contributed by atoms with Gasteiger partial charge in [0.2, 0.25) is 0 Å². The van der Waals surface area contributed by atoms with Gasteiger partial charge < -0.3 is 0 Å². The number of aromatic nitrogens is 1. The molecule has 0 saturated carbocycles. The Kier molecular flexibility index (Phi) is 4.93. The molecule has 1 amide bonds. The second-order valence-corrected chi connectivity index (χ2v) is 6.49. The van der Waals surface area contributed by atoms with Crippen molar-refractivity contribution >= 4 is 23.0 Å². The molecule has 1 aromatic heterocycles. The van der Waals surface area contributed by atoms with Crippen LogP contribution in [0, 0.1) is 6.92 Å². The van der Waals surface area contributed by atoms with Crippen molar-refractivity contribution in [3.8, 4) is 11.3 Å². The minimum atomic E-state index is -0.263. The zero-order valence-electron chi connectivity index (χ0n) is 15.5. The van der Waals surface area contributed by atoms with Crippen molar-refractivity contribution in [3.63, 3.8) is 0 Å². The van der Waals surface area contributed by atoms with Crippen molar-refractivity contribution in [2.75, 3.05) is 0 Å². The highest BCUT2D eigenvalue weighted by molar-refractivity contribution is 6.07. The van der Waals surface area contributed by atoms with Crippen LogP contribution in [-0.2, 0) is 0 Å². The summed E-state index contributed by atoms with van der Waals surface area (Å²) in [5, 5.41) is 4.94. The predicted molar refractivity (Wildman–Crippen MR) is 113 cm³/mol. The number of hydrogen-bond acceptors (Lipinski definition) is 3. The van der Waals surface area contributed by atoms with Crippen molar-refractivity contribution < 1.29 is 4.79 Å². The fourth-order valence-corrected chi connectivity index (χ4v) is 3.07. The lowest BCUT2D eigenvalue weighted by molar-refractivity contribution is 0.0956. The average molecular weight is 365 g/mol. The van der Waals surface area contributed by atoms with Gasteiger partial charge in [-0.2, -0.15) is 5.10 Å². The molecule has 0 atom stereocenters. The molecule has 0 aliphatic carbocycles. The molecule has 4 rings (SSSR count). The summed E-state index contributed by atoms with van der Waals surface area (Å²) in [6.07, 6.45) is 1.66. The summed E-state index contributed by atoms with van der Waals surface area (Å²) in [5.41, 5.74) is 7.75. The first kappa shape index (κ1) is 17.6. The second kappa shape index (κ2) is 7.84. The molecule has 0 fully saturated rings. The Hall–Kier alpha value is -3.79. The molecule has 1 N–H and O–H groups in total. The van der Waals surface area contributed by atoms with Crippen LogP contribution in [0.2, 0.25) is 0 Å². The van der Waals surface area contributed by atoms with E-state index in [4.69, 9.17) is 4.98 Å². The highest BCUT2D eigenvalue weighted by atomic mass is 16.2. The molecule has 1 heterocycles. The number of pyridine rings is 1. The topological polar surface area (TPSA) is 54.4 Å². The lowest BCUT2D eigenvalue weighted by Crippen LogP contribution is -2.18. The van der Waals surface area contributed by atoms with Crippen molar-refractivity contribution in [1.82, 2.24) is 10.4 Å². The van der Waals surface area contributed by atoms with Gasteiger partial charge in [-0.3, -0.25) is 4.79 Å². The molecule has 0 saturated heterocycles. The number of hydrogen-bond donors (Lipinski definition) is 1. The van der Waals surface area contributed by atoms with Crippen LogP contribution < -0.4 is 5.43 Å². The van der Waals surface area contributed by atoms with E-state index in [2.05, 4.69) is 10.5 Å². The van der Waals surface area contributed by atoms with Crippen LogP contribution in [0.15, 0.2) is 90.0 Å². The number of para-hydroxylation sites is 1. The molecule has 0 aliphatic rings. The fourth-order valence-electron chi connectivity index (χ4n) is 3.07. The van der Waals surface area contributed by atoms with Gasteiger partial charge in [0.05, 0.1) is 23.0 Å². The molecule has 0 radical (unpaired) electrons. The van der Waals surface area contributed by atoms with Gasteiger partial charge in [0, 0.05) is 10.9 Å². The van der Waals surface area contributed by atoms with Crippen LogP contribution in [0.1, 0.15) is 21.5 Å². The second-order valence-electron chi connectivity index (χ2n) is 6.49. The Morgan fingerprint density at radius 3 is 2.46 bits per heavy atom. The third kappa shape index (κ3) is 3.67. The molecule has 3 aromatic carbocycles. The number of hydrazone groups is 1. The number of nitrogens with zero attached hydrogens (tertiary/aromatic N) is 2. The molecule has 0 unspecified atom stereocenters. The summed E-state index contributed by atoms with van der Waals surface area (Å²) in [6.45, 7) is 2.01. The standard InChI is InChI=1S/C24H19N3O/c1-17-9-5-6-12-19(17)16-25-27-24(28)21-15-23(18-10-3-2-4-11-18)26-22-14-8-7-13-20(21)22/h2-16H,1H3,(H,27,28)/b25-16-. The Morgan fingerprint density at radius 2 is 1.64 bits per heavy atom. The van der Waals surface area contributed by atoms with Gasteiger partial charge >= 0.3 is 0 Å². The van der Waals surface area contributed by atoms with E-state index in [9.17, 15) is 4.79 Å². The monoisotopic (exact) mass is 365 g/mol. The number of fused-ring (bicyclic) bond motifs is 1. The highest BCUT2D eigenvalue weighted by Crippen LogP contribution is 2.24. The van der Waals surface area contributed by atoms with Gasteiger partial charge in [0.15, 0.2) is 0 Å². The van der Waals surface area contributed by atoms with E-state index in [1.54, 1.807) is 6.21 Å². The van der Waals surface area contributed by atoms with Crippen molar-refractivity contribution in [2.45, 2.75) is 6.92 Å². The average Bonchev–Trinajstić information content (AvgIpc) is 2.75. The first-order valence-electron chi connectivity index (χ1n) is 9.06. The van der Waals surface area contributed by atoms with E-state index in [0.29, 0.717) is 5.56 Å². The number of aryl methyl sites for hydroxylation is 1. The summed E-state index contributed by atoms with van der Waals surface area (Å²) in [7, 11) is 0. The van der Waals surface area contributed by atoms with E-state index >= 15 is 0 Å². The number of amides is 1. The zero-order chi connectivity index (χ0) is 19.3. The van der Waals surface area contributed by atoms with Gasteiger partial charge in [0.25, 0.3) is 5.91 Å². The zero-order valence-corrected chi connectivity index (χ0v) is 15.5. The highest BCUT2D eigenvalue weighted by Gasteiger charge is 2.13. The Labute approximate surface area is 163 Å². The molecule has 4 nitrogen and oxygen atoms in total. The minimum absolute atomic E-state index is 0.263. The lowest BCUT2D eigenvalue weighted by atomic mass is 10.0. The first-order valence-corrected chi connectivity index (χ1v) is 9.06. The van der Waals surface area contributed by atoms with Crippen LogP contribution in [0.4, 0.5) is 0 Å². The third-order valence-electron chi connectivity index (χ3n) is 4.59. The molecule has 136 valence electrons. The minimum Gasteiger partial charge on any atom is -0.267 e.